The first-order valence-corrected chi connectivity index (χ1v) is 7.58. The number of hydrogen-bond acceptors (Lipinski definition) is 4. The molecule has 6 nitrogen and oxygen atoms in total. The van der Waals surface area contributed by atoms with E-state index in [1.165, 1.54) is 18.3 Å². The van der Waals surface area contributed by atoms with Gasteiger partial charge in [-0.3, -0.25) is 4.79 Å². The molecule has 0 amide bonds. The minimum Gasteiger partial charge on any atom is -0.481 e. The van der Waals surface area contributed by atoms with E-state index in [-0.39, 0.29) is 16.6 Å². The lowest BCUT2D eigenvalue weighted by Crippen LogP contribution is -2.42. The van der Waals surface area contributed by atoms with Crippen molar-refractivity contribution < 1.29 is 18.3 Å². The highest BCUT2D eigenvalue weighted by Gasteiger charge is 2.34. The van der Waals surface area contributed by atoms with E-state index in [1.54, 1.807) is 0 Å². The van der Waals surface area contributed by atoms with Crippen LogP contribution in [0.4, 0.5) is 0 Å². The SMILES string of the molecule is O=C(O)C1CCCN(S(=O)(=O)c2cccnc2Cl)C1. The predicted molar refractivity (Wildman–Crippen MR) is 68.4 cm³/mol. The summed E-state index contributed by atoms with van der Waals surface area (Å²) >= 11 is 5.79. The first-order chi connectivity index (χ1) is 8.93. The molecular weight excluding hydrogens is 292 g/mol. The van der Waals surface area contributed by atoms with Crippen LogP contribution in [-0.4, -0.2) is 41.9 Å². The van der Waals surface area contributed by atoms with Gasteiger partial charge >= 0.3 is 5.97 Å². The third-order valence-electron chi connectivity index (χ3n) is 3.08. The highest BCUT2D eigenvalue weighted by Crippen LogP contribution is 2.26. The van der Waals surface area contributed by atoms with E-state index < -0.39 is 21.9 Å². The van der Waals surface area contributed by atoms with Gasteiger partial charge in [0.05, 0.1) is 5.92 Å². The molecule has 0 bridgehead atoms. The summed E-state index contributed by atoms with van der Waals surface area (Å²) in [5, 5.41) is 8.89. The average Bonchev–Trinajstić information content (AvgIpc) is 2.39. The van der Waals surface area contributed by atoms with Gasteiger partial charge in [-0.15, -0.1) is 0 Å². The fourth-order valence-corrected chi connectivity index (χ4v) is 4.02. The van der Waals surface area contributed by atoms with Crippen LogP contribution in [0.1, 0.15) is 12.8 Å². The summed E-state index contributed by atoms with van der Waals surface area (Å²) in [6.45, 7) is 0.278. The maximum atomic E-state index is 12.4. The van der Waals surface area contributed by atoms with Gasteiger partial charge in [0.15, 0.2) is 0 Å². The third kappa shape index (κ3) is 2.88. The van der Waals surface area contributed by atoms with E-state index in [0.29, 0.717) is 19.4 Å². The smallest absolute Gasteiger partial charge is 0.307 e. The Labute approximate surface area is 116 Å². The number of pyridine rings is 1. The van der Waals surface area contributed by atoms with Crippen molar-refractivity contribution in [2.45, 2.75) is 17.7 Å². The lowest BCUT2D eigenvalue weighted by Gasteiger charge is -2.29. The molecule has 0 spiro atoms. The van der Waals surface area contributed by atoms with Crippen molar-refractivity contribution in [3.05, 3.63) is 23.5 Å². The van der Waals surface area contributed by atoms with Crippen LogP contribution in [0.25, 0.3) is 0 Å². The highest BCUT2D eigenvalue weighted by molar-refractivity contribution is 7.89. The Balaban J connectivity index is 2.30. The predicted octanol–water partition coefficient (Wildman–Crippen LogP) is 1.22. The van der Waals surface area contributed by atoms with Crippen LogP contribution in [0.5, 0.6) is 0 Å². The Morgan fingerprint density at radius 1 is 1.53 bits per heavy atom. The second-order valence-corrected chi connectivity index (χ2v) is 6.60. The summed E-state index contributed by atoms with van der Waals surface area (Å²) in [4.78, 5) is 14.6. The second-order valence-electron chi connectivity index (χ2n) is 4.33. The van der Waals surface area contributed by atoms with Crippen molar-refractivity contribution in [2.75, 3.05) is 13.1 Å². The molecule has 2 heterocycles. The summed E-state index contributed by atoms with van der Waals surface area (Å²) < 4.78 is 25.9. The van der Waals surface area contributed by atoms with E-state index in [2.05, 4.69) is 4.98 Å². The third-order valence-corrected chi connectivity index (χ3v) is 5.39. The fraction of sp³-hybridized carbons (Fsp3) is 0.455. The summed E-state index contributed by atoms with van der Waals surface area (Å²) in [6, 6.07) is 2.85. The van der Waals surface area contributed by atoms with E-state index >= 15 is 0 Å². The number of aliphatic carboxylic acids is 1. The van der Waals surface area contributed by atoms with Crippen LogP contribution in [0.2, 0.25) is 5.15 Å². The summed E-state index contributed by atoms with van der Waals surface area (Å²) in [7, 11) is -3.78. The molecule has 0 radical (unpaired) electrons. The maximum Gasteiger partial charge on any atom is 0.307 e. The van der Waals surface area contributed by atoms with Crippen LogP contribution < -0.4 is 0 Å². The molecule has 1 aromatic rings. The number of aromatic nitrogens is 1. The van der Waals surface area contributed by atoms with Gasteiger partial charge in [-0.25, -0.2) is 13.4 Å². The molecule has 0 aromatic carbocycles. The molecule has 0 aliphatic carbocycles. The Morgan fingerprint density at radius 2 is 2.26 bits per heavy atom. The number of sulfonamides is 1. The Kier molecular flexibility index (Phi) is 4.07. The van der Waals surface area contributed by atoms with Gasteiger partial charge < -0.3 is 5.11 Å². The number of carbonyl (C=O) groups is 1. The van der Waals surface area contributed by atoms with E-state index in [4.69, 9.17) is 16.7 Å². The molecule has 1 aliphatic heterocycles. The minimum absolute atomic E-state index is 0.0249. The van der Waals surface area contributed by atoms with E-state index in [9.17, 15) is 13.2 Å². The van der Waals surface area contributed by atoms with Crippen molar-refractivity contribution in [2.24, 2.45) is 5.92 Å². The van der Waals surface area contributed by atoms with Crippen molar-refractivity contribution in [1.29, 1.82) is 0 Å². The first kappa shape index (κ1) is 14.2. The number of halogens is 1. The van der Waals surface area contributed by atoms with E-state index in [0.717, 1.165) is 4.31 Å². The zero-order chi connectivity index (χ0) is 14.0. The maximum absolute atomic E-state index is 12.4. The van der Waals surface area contributed by atoms with Crippen molar-refractivity contribution >= 4 is 27.6 Å². The van der Waals surface area contributed by atoms with Crippen LogP contribution in [0, 0.1) is 5.92 Å². The molecule has 1 N–H and O–H groups in total. The fourth-order valence-electron chi connectivity index (χ4n) is 2.07. The van der Waals surface area contributed by atoms with Crippen molar-refractivity contribution in [3.8, 4) is 0 Å². The van der Waals surface area contributed by atoms with Gasteiger partial charge in [0.25, 0.3) is 0 Å². The molecule has 8 heteroatoms. The summed E-state index contributed by atoms with van der Waals surface area (Å²) in [5.41, 5.74) is 0. The molecule has 0 saturated carbocycles. The molecule has 2 rings (SSSR count). The molecule has 1 saturated heterocycles. The quantitative estimate of drug-likeness (QED) is 0.848. The van der Waals surface area contributed by atoms with Crippen LogP contribution in [0.15, 0.2) is 23.2 Å². The number of carboxylic acids is 1. The van der Waals surface area contributed by atoms with E-state index in [1.807, 2.05) is 0 Å². The van der Waals surface area contributed by atoms with Crippen LogP contribution in [0.3, 0.4) is 0 Å². The molecule has 1 aliphatic rings. The van der Waals surface area contributed by atoms with Crippen LogP contribution in [-0.2, 0) is 14.8 Å². The average molecular weight is 305 g/mol. The van der Waals surface area contributed by atoms with Gasteiger partial charge in [-0.1, -0.05) is 11.6 Å². The molecular formula is C11H13ClN2O4S. The minimum atomic E-state index is -3.78. The number of carboxylic acid groups (broad SMARTS) is 1. The standard InChI is InChI=1S/C11H13ClN2O4S/c12-10-9(4-1-5-13-10)19(17,18)14-6-2-3-8(7-14)11(15)16/h1,4-5,8H,2-3,6-7H2,(H,15,16). The van der Waals surface area contributed by atoms with Gasteiger partial charge in [0.2, 0.25) is 10.0 Å². The highest BCUT2D eigenvalue weighted by atomic mass is 35.5. The van der Waals surface area contributed by atoms with Gasteiger partial charge in [0.1, 0.15) is 10.0 Å². The monoisotopic (exact) mass is 304 g/mol. The molecule has 19 heavy (non-hydrogen) atoms. The van der Waals surface area contributed by atoms with Gasteiger partial charge in [0, 0.05) is 19.3 Å². The zero-order valence-electron chi connectivity index (χ0n) is 9.99. The van der Waals surface area contributed by atoms with Crippen molar-refractivity contribution in [1.82, 2.24) is 9.29 Å². The number of piperidine rings is 1. The Bertz CT molecular complexity index is 590. The number of hydrogen-bond donors (Lipinski definition) is 1. The van der Waals surface area contributed by atoms with Crippen molar-refractivity contribution in [3.63, 3.8) is 0 Å². The Hall–Kier alpha value is -1.18. The normalized spacial score (nSPS) is 21.2. The molecule has 1 unspecified atom stereocenters. The zero-order valence-corrected chi connectivity index (χ0v) is 11.6. The first-order valence-electron chi connectivity index (χ1n) is 5.76. The second kappa shape index (κ2) is 5.44. The molecule has 1 fully saturated rings. The Morgan fingerprint density at radius 3 is 2.89 bits per heavy atom. The summed E-state index contributed by atoms with van der Waals surface area (Å²) in [6.07, 6.45) is 2.41. The number of nitrogens with zero attached hydrogens (tertiary/aromatic N) is 2. The molecule has 1 atom stereocenters. The number of rotatable bonds is 3. The molecule has 1 aromatic heterocycles. The lowest BCUT2D eigenvalue weighted by atomic mass is 10.0. The van der Waals surface area contributed by atoms with Gasteiger partial charge in [-0.05, 0) is 25.0 Å². The summed E-state index contributed by atoms with van der Waals surface area (Å²) in [5.74, 6) is -1.64. The van der Waals surface area contributed by atoms with Crippen LogP contribution >= 0.6 is 11.6 Å². The topological polar surface area (TPSA) is 87.6 Å². The lowest BCUT2D eigenvalue weighted by molar-refractivity contribution is -0.142. The molecule has 104 valence electrons. The van der Waals surface area contributed by atoms with Gasteiger partial charge in [-0.2, -0.15) is 4.31 Å². The largest absolute Gasteiger partial charge is 0.481 e.